The monoisotopic (exact) mass is 449 g/mol. The summed E-state index contributed by atoms with van der Waals surface area (Å²) in [6, 6.07) is 14.1. The highest BCUT2D eigenvalue weighted by atomic mass is 35.5. The van der Waals surface area contributed by atoms with E-state index in [9.17, 15) is 9.59 Å². The third-order valence-corrected chi connectivity index (χ3v) is 5.86. The van der Waals surface area contributed by atoms with Crippen LogP contribution in [0.3, 0.4) is 0 Å². The Morgan fingerprint density at radius 3 is 2.10 bits per heavy atom. The molecule has 2 aromatic rings. The van der Waals surface area contributed by atoms with Crippen molar-refractivity contribution >= 4 is 52.4 Å². The number of carbonyl (C=O) groups excluding carboxylic acids is 2. The van der Waals surface area contributed by atoms with Crippen molar-refractivity contribution in [2.45, 2.75) is 31.3 Å². The summed E-state index contributed by atoms with van der Waals surface area (Å²) in [6.07, 6.45) is 0.696. The summed E-state index contributed by atoms with van der Waals surface area (Å²) in [7, 11) is 0. The molecule has 7 heteroatoms. The van der Waals surface area contributed by atoms with Crippen LogP contribution < -0.4 is 0 Å². The number of imide groups is 1. The van der Waals surface area contributed by atoms with Crippen molar-refractivity contribution in [1.82, 2.24) is 4.90 Å². The molecule has 2 amide bonds. The third-order valence-electron chi connectivity index (χ3n) is 4.27. The smallest absolute Gasteiger partial charge is 0.268 e. The highest BCUT2D eigenvalue weighted by Gasteiger charge is 2.39. The minimum absolute atomic E-state index is 0.110. The number of halogens is 2. The Labute approximate surface area is 184 Å². The van der Waals surface area contributed by atoms with E-state index in [1.54, 1.807) is 36.4 Å². The van der Waals surface area contributed by atoms with Crippen LogP contribution >= 0.6 is 35.0 Å². The zero-order valence-corrected chi connectivity index (χ0v) is 18.5. The summed E-state index contributed by atoms with van der Waals surface area (Å²) < 4.78 is 5.54. The lowest BCUT2D eigenvalue weighted by molar-refractivity contribution is -0.136. The van der Waals surface area contributed by atoms with Crippen molar-refractivity contribution in [2.75, 3.05) is 13.2 Å². The second-order valence-corrected chi connectivity index (χ2v) is 8.76. The Balaban J connectivity index is 1.88. The third kappa shape index (κ3) is 5.43. The number of hydrogen-bond acceptors (Lipinski definition) is 4. The molecule has 0 saturated carbocycles. The maximum absolute atomic E-state index is 13.1. The molecule has 0 radical (unpaired) electrons. The van der Waals surface area contributed by atoms with Gasteiger partial charge in [-0.05, 0) is 62.2 Å². The molecule has 0 aliphatic carbocycles. The molecule has 0 spiro atoms. The van der Waals surface area contributed by atoms with Crippen molar-refractivity contribution in [3.05, 3.63) is 69.0 Å². The lowest BCUT2D eigenvalue weighted by atomic mass is 10.1. The van der Waals surface area contributed by atoms with Gasteiger partial charge >= 0.3 is 0 Å². The topological polar surface area (TPSA) is 46.6 Å². The van der Waals surface area contributed by atoms with E-state index in [4.69, 9.17) is 27.9 Å². The highest BCUT2D eigenvalue weighted by Crippen LogP contribution is 2.40. The van der Waals surface area contributed by atoms with E-state index in [-0.39, 0.29) is 17.9 Å². The molecule has 152 valence electrons. The van der Waals surface area contributed by atoms with Gasteiger partial charge in [-0.15, -0.1) is 0 Å². The number of rotatable bonds is 8. The van der Waals surface area contributed by atoms with Gasteiger partial charge in [-0.2, -0.15) is 0 Å². The van der Waals surface area contributed by atoms with E-state index < -0.39 is 0 Å². The molecule has 0 atom stereocenters. The second-order valence-electron chi connectivity index (χ2n) is 6.80. The highest BCUT2D eigenvalue weighted by molar-refractivity contribution is 8.04. The van der Waals surface area contributed by atoms with Gasteiger partial charge in [0.05, 0.1) is 16.6 Å². The van der Waals surface area contributed by atoms with Crippen LogP contribution in [0.5, 0.6) is 0 Å². The molecule has 1 aliphatic rings. The van der Waals surface area contributed by atoms with Crippen LogP contribution in [-0.4, -0.2) is 36.0 Å². The first-order valence-corrected chi connectivity index (χ1v) is 10.9. The van der Waals surface area contributed by atoms with Gasteiger partial charge in [-0.3, -0.25) is 14.5 Å². The molecule has 29 heavy (non-hydrogen) atoms. The molecule has 0 fully saturated rings. The number of carbonyl (C=O) groups is 2. The Morgan fingerprint density at radius 1 is 0.931 bits per heavy atom. The first-order valence-electron chi connectivity index (χ1n) is 9.28. The molecule has 4 nitrogen and oxygen atoms in total. The van der Waals surface area contributed by atoms with Crippen molar-refractivity contribution < 1.29 is 14.3 Å². The van der Waals surface area contributed by atoms with Crippen molar-refractivity contribution in [1.29, 1.82) is 0 Å². The Hall–Kier alpha value is -1.79. The van der Waals surface area contributed by atoms with Gasteiger partial charge in [-0.25, -0.2) is 0 Å². The number of thioether (sulfide) groups is 1. The van der Waals surface area contributed by atoms with E-state index in [2.05, 4.69) is 0 Å². The molecular formula is C22H21Cl2NO3S. The molecule has 0 bridgehead atoms. The largest absolute Gasteiger partial charge is 0.379 e. The summed E-state index contributed by atoms with van der Waals surface area (Å²) in [5.41, 5.74) is 1.07. The number of ether oxygens (including phenoxy) is 1. The van der Waals surface area contributed by atoms with Crippen LogP contribution in [0.2, 0.25) is 10.0 Å². The summed E-state index contributed by atoms with van der Waals surface area (Å²) in [5.74, 6) is -0.581. The second kappa shape index (κ2) is 9.81. The van der Waals surface area contributed by atoms with E-state index in [0.717, 1.165) is 4.90 Å². The SMILES string of the molecule is CC(C)OCCCN1C(=O)C(Sc2ccc(Cl)cc2)=C(c2ccc(Cl)cc2)C1=O. The summed E-state index contributed by atoms with van der Waals surface area (Å²) >= 11 is 13.2. The first kappa shape index (κ1) is 21.9. The predicted molar refractivity (Wildman–Crippen MR) is 118 cm³/mol. The van der Waals surface area contributed by atoms with Crippen LogP contribution in [0, 0.1) is 0 Å². The average Bonchev–Trinajstić information content (AvgIpc) is 2.91. The molecule has 2 aromatic carbocycles. The molecule has 1 aliphatic heterocycles. The van der Waals surface area contributed by atoms with E-state index in [1.165, 1.54) is 16.7 Å². The van der Waals surface area contributed by atoms with E-state index >= 15 is 0 Å². The molecule has 0 aromatic heterocycles. The molecule has 0 N–H and O–H groups in total. The standard InChI is InChI=1S/C22H21Cl2NO3S/c1-14(2)28-13-3-12-25-21(26)19(15-4-6-16(23)7-5-15)20(22(25)27)29-18-10-8-17(24)9-11-18/h4-11,14H,3,12-13H2,1-2H3. The maximum atomic E-state index is 13.1. The fourth-order valence-electron chi connectivity index (χ4n) is 2.88. The molecule has 1 heterocycles. The maximum Gasteiger partial charge on any atom is 0.268 e. The lowest BCUT2D eigenvalue weighted by Crippen LogP contribution is -2.33. The first-order chi connectivity index (χ1) is 13.9. The van der Waals surface area contributed by atoms with Crippen molar-refractivity contribution in [3.8, 4) is 0 Å². The fraction of sp³-hybridized carbons (Fsp3) is 0.273. The molecule has 0 saturated heterocycles. The fourth-order valence-corrected chi connectivity index (χ4v) is 4.15. The van der Waals surface area contributed by atoms with Crippen molar-refractivity contribution in [2.24, 2.45) is 0 Å². The zero-order valence-electron chi connectivity index (χ0n) is 16.2. The van der Waals surface area contributed by atoms with Crippen LogP contribution in [0.15, 0.2) is 58.3 Å². The van der Waals surface area contributed by atoms with Gasteiger partial charge in [0, 0.05) is 28.1 Å². The Morgan fingerprint density at radius 2 is 1.52 bits per heavy atom. The van der Waals surface area contributed by atoms with Gasteiger partial charge in [-0.1, -0.05) is 47.1 Å². The average molecular weight is 450 g/mol. The van der Waals surface area contributed by atoms with E-state index in [0.29, 0.717) is 45.7 Å². The normalized spacial score (nSPS) is 14.4. The lowest BCUT2D eigenvalue weighted by Gasteiger charge is -2.15. The van der Waals surface area contributed by atoms with Gasteiger partial charge in [0.1, 0.15) is 0 Å². The van der Waals surface area contributed by atoms with Crippen LogP contribution in [0.1, 0.15) is 25.8 Å². The summed E-state index contributed by atoms with van der Waals surface area (Å²) in [4.78, 5) is 28.8. The van der Waals surface area contributed by atoms with Crippen molar-refractivity contribution in [3.63, 3.8) is 0 Å². The summed E-state index contributed by atoms with van der Waals surface area (Å²) in [6.45, 7) is 4.71. The van der Waals surface area contributed by atoms with Crippen LogP contribution in [0.4, 0.5) is 0 Å². The number of benzene rings is 2. The van der Waals surface area contributed by atoms with Gasteiger partial charge < -0.3 is 4.74 Å². The molecular weight excluding hydrogens is 429 g/mol. The molecule has 0 unspecified atom stereocenters. The Kier molecular flexibility index (Phi) is 7.41. The van der Waals surface area contributed by atoms with Gasteiger partial charge in [0.25, 0.3) is 11.8 Å². The number of amides is 2. The zero-order chi connectivity index (χ0) is 21.0. The predicted octanol–water partition coefficient (Wildman–Crippen LogP) is 5.68. The number of hydrogen-bond donors (Lipinski definition) is 0. The van der Waals surface area contributed by atoms with E-state index in [1.807, 2.05) is 26.0 Å². The quantitative estimate of drug-likeness (QED) is 0.384. The minimum Gasteiger partial charge on any atom is -0.379 e. The van der Waals surface area contributed by atoms with Crippen LogP contribution in [0.25, 0.3) is 5.57 Å². The minimum atomic E-state index is -0.293. The molecule has 3 rings (SSSR count). The van der Waals surface area contributed by atoms with Gasteiger partial charge in [0.15, 0.2) is 0 Å². The van der Waals surface area contributed by atoms with Gasteiger partial charge in [0.2, 0.25) is 0 Å². The van der Waals surface area contributed by atoms with Crippen LogP contribution in [-0.2, 0) is 14.3 Å². The summed E-state index contributed by atoms with van der Waals surface area (Å²) in [5, 5.41) is 1.18. The number of nitrogens with zero attached hydrogens (tertiary/aromatic N) is 1. The Bertz CT molecular complexity index is 924.